The van der Waals surface area contributed by atoms with Crippen molar-refractivity contribution in [3.63, 3.8) is 0 Å². The van der Waals surface area contributed by atoms with Crippen molar-refractivity contribution in [1.82, 2.24) is 5.32 Å². The second-order valence-electron chi connectivity index (χ2n) is 5.11. The zero-order valence-electron chi connectivity index (χ0n) is 12.6. The summed E-state index contributed by atoms with van der Waals surface area (Å²) in [6.07, 6.45) is 1.11. The Morgan fingerprint density at radius 2 is 1.90 bits per heavy atom. The molecule has 1 unspecified atom stereocenters. The van der Waals surface area contributed by atoms with E-state index in [0.717, 1.165) is 13.0 Å². The smallest absolute Gasteiger partial charge is 0.0673 e. The Morgan fingerprint density at radius 3 is 2.50 bits per heavy atom. The maximum Gasteiger partial charge on any atom is 0.0673 e. The van der Waals surface area contributed by atoms with Crippen LogP contribution in [0, 0.1) is 13.8 Å². The van der Waals surface area contributed by atoms with Crippen molar-refractivity contribution in [2.75, 3.05) is 6.54 Å². The van der Waals surface area contributed by atoms with E-state index in [1.165, 1.54) is 30.9 Å². The van der Waals surface area contributed by atoms with Crippen LogP contribution >= 0.6 is 27.3 Å². The average molecular weight is 352 g/mol. The van der Waals surface area contributed by atoms with Gasteiger partial charge in [-0.15, -0.1) is 11.3 Å². The second-order valence-corrected chi connectivity index (χ2v) is 7.16. The van der Waals surface area contributed by atoms with Crippen LogP contribution in [0.2, 0.25) is 0 Å². The Balaban J connectivity index is 2.45. The lowest BCUT2D eigenvalue weighted by Crippen LogP contribution is -2.22. The van der Waals surface area contributed by atoms with Gasteiger partial charge >= 0.3 is 0 Å². The molecular weight excluding hydrogens is 330 g/mol. The van der Waals surface area contributed by atoms with Crippen molar-refractivity contribution in [1.29, 1.82) is 0 Å². The van der Waals surface area contributed by atoms with E-state index in [2.05, 4.69) is 73.2 Å². The minimum Gasteiger partial charge on any atom is -0.306 e. The lowest BCUT2D eigenvalue weighted by molar-refractivity contribution is 0.636. The van der Waals surface area contributed by atoms with Gasteiger partial charge in [0.05, 0.1) is 6.04 Å². The molecule has 0 saturated heterocycles. The molecule has 1 atom stereocenters. The number of thiophene rings is 1. The molecular formula is C17H22BrNS. The van der Waals surface area contributed by atoms with Gasteiger partial charge in [-0.05, 0) is 61.7 Å². The molecule has 108 valence electrons. The zero-order valence-corrected chi connectivity index (χ0v) is 15.0. The Hall–Kier alpha value is -0.640. The normalized spacial score (nSPS) is 12.7. The van der Waals surface area contributed by atoms with Crippen molar-refractivity contribution in [3.05, 3.63) is 55.2 Å². The molecule has 1 nitrogen and oxygen atoms in total. The van der Waals surface area contributed by atoms with E-state index in [4.69, 9.17) is 0 Å². The summed E-state index contributed by atoms with van der Waals surface area (Å²) in [7, 11) is 0. The van der Waals surface area contributed by atoms with E-state index in [-0.39, 0.29) is 0 Å². The van der Waals surface area contributed by atoms with Crippen LogP contribution in [0.1, 0.15) is 46.3 Å². The average Bonchev–Trinajstić information content (AvgIpc) is 2.89. The molecule has 1 aromatic heterocycles. The second kappa shape index (κ2) is 6.88. The van der Waals surface area contributed by atoms with E-state index >= 15 is 0 Å². The van der Waals surface area contributed by atoms with Gasteiger partial charge in [0, 0.05) is 14.2 Å². The number of hydrogen-bond donors (Lipinski definition) is 1. The Kier molecular flexibility index (Phi) is 5.42. The van der Waals surface area contributed by atoms with Crippen LogP contribution in [0.3, 0.4) is 0 Å². The van der Waals surface area contributed by atoms with E-state index in [1.54, 1.807) is 0 Å². The number of halogens is 1. The van der Waals surface area contributed by atoms with Crippen LogP contribution in [-0.2, 0) is 6.42 Å². The molecule has 1 aromatic carbocycles. The fourth-order valence-electron chi connectivity index (χ4n) is 2.42. The lowest BCUT2D eigenvalue weighted by Gasteiger charge is -2.20. The highest BCUT2D eigenvalue weighted by molar-refractivity contribution is 9.10. The summed E-state index contributed by atoms with van der Waals surface area (Å²) >= 11 is 5.54. The summed E-state index contributed by atoms with van der Waals surface area (Å²) in [5.74, 6) is 0. The molecule has 0 fully saturated rings. The van der Waals surface area contributed by atoms with Gasteiger partial charge in [0.2, 0.25) is 0 Å². The lowest BCUT2D eigenvalue weighted by atomic mass is 9.97. The van der Waals surface area contributed by atoms with E-state index in [1.807, 2.05) is 11.3 Å². The highest BCUT2D eigenvalue weighted by atomic mass is 79.9. The third-order valence-electron chi connectivity index (χ3n) is 3.58. The fraction of sp³-hybridized carbons (Fsp3) is 0.412. The maximum absolute atomic E-state index is 3.64. The zero-order chi connectivity index (χ0) is 14.7. The van der Waals surface area contributed by atoms with Crippen LogP contribution < -0.4 is 5.32 Å². The molecule has 0 aliphatic heterocycles. The van der Waals surface area contributed by atoms with Crippen LogP contribution in [0.5, 0.6) is 0 Å². The maximum atomic E-state index is 3.64. The SMILES string of the molecule is CCNC(c1ccc(CC)s1)c1cc(C)c(Br)cc1C. The third kappa shape index (κ3) is 3.33. The van der Waals surface area contributed by atoms with Gasteiger partial charge < -0.3 is 5.32 Å². The first-order chi connectivity index (χ1) is 9.56. The molecule has 0 saturated carbocycles. The Labute approximate surface area is 134 Å². The predicted molar refractivity (Wildman–Crippen MR) is 92.8 cm³/mol. The number of hydrogen-bond acceptors (Lipinski definition) is 2. The predicted octanol–water partition coefficient (Wildman–Crippen LogP) is 5.39. The fourth-order valence-corrected chi connectivity index (χ4v) is 3.93. The number of benzene rings is 1. The van der Waals surface area contributed by atoms with Crippen LogP contribution in [0.25, 0.3) is 0 Å². The largest absolute Gasteiger partial charge is 0.306 e. The molecule has 0 radical (unpaired) electrons. The molecule has 0 aliphatic rings. The van der Waals surface area contributed by atoms with Crippen molar-refractivity contribution in [2.24, 2.45) is 0 Å². The van der Waals surface area contributed by atoms with E-state index in [9.17, 15) is 0 Å². The molecule has 2 aromatic rings. The molecule has 2 rings (SSSR count). The molecule has 0 aliphatic carbocycles. The highest BCUT2D eigenvalue weighted by Gasteiger charge is 2.18. The summed E-state index contributed by atoms with van der Waals surface area (Å²) in [4.78, 5) is 2.86. The summed E-state index contributed by atoms with van der Waals surface area (Å²) in [5, 5.41) is 3.64. The molecule has 0 amide bonds. The first-order valence-corrected chi connectivity index (χ1v) is 8.76. The summed E-state index contributed by atoms with van der Waals surface area (Å²) in [6.45, 7) is 9.70. The first kappa shape index (κ1) is 15.7. The van der Waals surface area contributed by atoms with Gasteiger partial charge in [0.1, 0.15) is 0 Å². The van der Waals surface area contributed by atoms with E-state index in [0.29, 0.717) is 6.04 Å². The topological polar surface area (TPSA) is 12.0 Å². The monoisotopic (exact) mass is 351 g/mol. The summed E-state index contributed by atoms with van der Waals surface area (Å²) < 4.78 is 1.19. The van der Waals surface area contributed by atoms with Gasteiger partial charge in [-0.2, -0.15) is 0 Å². The molecule has 0 bridgehead atoms. The van der Waals surface area contributed by atoms with Crippen molar-refractivity contribution >= 4 is 27.3 Å². The molecule has 3 heteroatoms. The summed E-state index contributed by atoms with van der Waals surface area (Å²) in [6, 6.07) is 9.36. The molecule has 1 heterocycles. The Morgan fingerprint density at radius 1 is 1.15 bits per heavy atom. The molecule has 20 heavy (non-hydrogen) atoms. The number of rotatable bonds is 5. The van der Waals surface area contributed by atoms with Crippen molar-refractivity contribution < 1.29 is 0 Å². The quantitative estimate of drug-likeness (QED) is 0.761. The van der Waals surface area contributed by atoms with Gasteiger partial charge in [-0.1, -0.05) is 35.8 Å². The Bertz CT molecular complexity index is 589. The third-order valence-corrected chi connectivity index (χ3v) is 5.73. The summed E-state index contributed by atoms with van der Waals surface area (Å²) in [5.41, 5.74) is 4.01. The highest BCUT2D eigenvalue weighted by Crippen LogP contribution is 2.33. The number of aryl methyl sites for hydroxylation is 3. The van der Waals surface area contributed by atoms with Gasteiger partial charge in [0.15, 0.2) is 0 Å². The standard InChI is InChI=1S/C17H22BrNS/c1-5-13-7-8-16(20-13)17(19-6-2)14-9-12(4)15(18)10-11(14)3/h7-10,17,19H,5-6H2,1-4H3. The molecule has 1 N–H and O–H groups in total. The number of nitrogens with one attached hydrogen (secondary N) is 1. The van der Waals surface area contributed by atoms with Gasteiger partial charge in [0.25, 0.3) is 0 Å². The minimum absolute atomic E-state index is 0.303. The first-order valence-electron chi connectivity index (χ1n) is 7.15. The van der Waals surface area contributed by atoms with Crippen molar-refractivity contribution in [3.8, 4) is 0 Å². The van der Waals surface area contributed by atoms with Crippen LogP contribution in [0.4, 0.5) is 0 Å². The van der Waals surface area contributed by atoms with Gasteiger partial charge in [-0.25, -0.2) is 0 Å². The van der Waals surface area contributed by atoms with Gasteiger partial charge in [-0.3, -0.25) is 0 Å². The van der Waals surface area contributed by atoms with Crippen LogP contribution in [0.15, 0.2) is 28.7 Å². The van der Waals surface area contributed by atoms with E-state index < -0.39 is 0 Å². The molecule has 0 spiro atoms. The minimum atomic E-state index is 0.303. The van der Waals surface area contributed by atoms with Crippen molar-refractivity contribution in [2.45, 2.75) is 40.2 Å². The van der Waals surface area contributed by atoms with Crippen LogP contribution in [-0.4, -0.2) is 6.54 Å².